The molecule has 0 unspecified atom stereocenters. The van der Waals surface area contributed by atoms with Crippen LogP contribution in [0.5, 0.6) is 0 Å². The third kappa shape index (κ3) is 2.41. The van der Waals surface area contributed by atoms with E-state index >= 15 is 0 Å². The molecule has 124 valence electrons. The van der Waals surface area contributed by atoms with Crippen molar-refractivity contribution in [2.75, 3.05) is 11.4 Å². The molecule has 1 aliphatic rings. The molecule has 1 saturated heterocycles. The third-order valence-corrected chi connectivity index (χ3v) is 4.53. The van der Waals surface area contributed by atoms with Crippen LogP contribution in [0.25, 0.3) is 11.2 Å². The minimum Gasteiger partial charge on any atom is -0.391 e. The summed E-state index contributed by atoms with van der Waals surface area (Å²) in [6, 6.07) is 6.34. The summed E-state index contributed by atoms with van der Waals surface area (Å²) in [5, 5.41) is 10.2. The quantitative estimate of drug-likeness (QED) is 0.799. The van der Waals surface area contributed by atoms with E-state index in [4.69, 9.17) is 0 Å². The molecule has 1 aromatic carbocycles. The number of aromatic nitrogens is 4. The summed E-state index contributed by atoms with van der Waals surface area (Å²) in [4.78, 5) is 15.2. The topological polar surface area (TPSA) is 67.1 Å². The summed E-state index contributed by atoms with van der Waals surface area (Å²) in [5.74, 6) is 0.438. The van der Waals surface area contributed by atoms with E-state index in [-0.39, 0.29) is 11.9 Å². The van der Waals surface area contributed by atoms with Gasteiger partial charge >= 0.3 is 0 Å². The highest BCUT2D eigenvalue weighted by Crippen LogP contribution is 2.37. The van der Waals surface area contributed by atoms with Crippen LogP contribution in [0.1, 0.15) is 24.9 Å². The zero-order valence-electron chi connectivity index (χ0n) is 13.3. The number of hydrogen-bond donors (Lipinski definition) is 1. The minimum atomic E-state index is -0.460. The molecule has 3 aromatic rings. The van der Waals surface area contributed by atoms with Crippen LogP contribution in [0.15, 0.2) is 36.9 Å². The molecule has 1 aliphatic heterocycles. The van der Waals surface area contributed by atoms with Gasteiger partial charge in [-0.05, 0) is 31.0 Å². The number of β-amino-alcohol motifs (C(OH)–C–C–N with tert-alkyl or cyclic N) is 1. The lowest BCUT2D eigenvalue weighted by molar-refractivity contribution is 0.194. The lowest BCUT2D eigenvalue weighted by atomic mass is 10.0. The molecule has 6 nitrogen and oxygen atoms in total. The van der Waals surface area contributed by atoms with Crippen molar-refractivity contribution in [1.82, 2.24) is 19.5 Å². The van der Waals surface area contributed by atoms with Gasteiger partial charge in [0, 0.05) is 13.1 Å². The fraction of sp³-hybridized carbons (Fsp3) is 0.353. The average Bonchev–Trinajstić information content (AvgIpc) is 3.18. The number of rotatable bonds is 3. The molecular weight excluding hydrogens is 309 g/mol. The molecule has 7 heteroatoms. The first-order valence-corrected chi connectivity index (χ1v) is 8.03. The van der Waals surface area contributed by atoms with Gasteiger partial charge in [0.2, 0.25) is 0 Å². The van der Waals surface area contributed by atoms with Crippen LogP contribution < -0.4 is 4.90 Å². The lowest BCUT2D eigenvalue weighted by Gasteiger charge is -2.25. The maximum atomic E-state index is 13.2. The molecular formula is C17H18FN5O. The first kappa shape index (κ1) is 15.0. The van der Waals surface area contributed by atoms with Gasteiger partial charge in [-0.3, -0.25) is 0 Å². The van der Waals surface area contributed by atoms with E-state index in [2.05, 4.69) is 15.0 Å². The number of nitrogens with zero attached hydrogens (tertiary/aromatic N) is 5. The molecule has 24 heavy (non-hydrogen) atoms. The molecule has 4 rings (SSSR count). The smallest absolute Gasteiger partial charge is 0.165 e. The van der Waals surface area contributed by atoms with Gasteiger partial charge < -0.3 is 14.6 Å². The second-order valence-electron chi connectivity index (χ2n) is 6.01. The molecule has 1 N–H and O–H groups in total. The Labute approximate surface area is 138 Å². The Bertz CT molecular complexity index is 863. The van der Waals surface area contributed by atoms with E-state index in [0.29, 0.717) is 18.8 Å². The molecule has 0 bridgehead atoms. The van der Waals surface area contributed by atoms with Crippen molar-refractivity contribution in [3.8, 4) is 0 Å². The lowest BCUT2D eigenvalue weighted by Crippen LogP contribution is -2.25. The molecule has 0 radical (unpaired) electrons. The maximum Gasteiger partial charge on any atom is 0.165 e. The molecule has 0 spiro atoms. The summed E-state index contributed by atoms with van der Waals surface area (Å²) < 4.78 is 15.2. The van der Waals surface area contributed by atoms with Gasteiger partial charge in [-0.15, -0.1) is 0 Å². The Kier molecular flexibility index (Phi) is 3.65. The monoisotopic (exact) mass is 327 g/mol. The molecule has 2 atom stereocenters. The summed E-state index contributed by atoms with van der Waals surface area (Å²) >= 11 is 0. The Morgan fingerprint density at radius 1 is 1.21 bits per heavy atom. The highest BCUT2D eigenvalue weighted by Gasteiger charge is 2.34. The van der Waals surface area contributed by atoms with Crippen LogP contribution in [-0.4, -0.2) is 37.3 Å². The number of imidazole rings is 1. The number of anilines is 1. The number of halogens is 1. The van der Waals surface area contributed by atoms with Crippen LogP contribution >= 0.6 is 0 Å². The van der Waals surface area contributed by atoms with Crippen LogP contribution in [0, 0.1) is 5.82 Å². The van der Waals surface area contributed by atoms with Crippen molar-refractivity contribution in [3.63, 3.8) is 0 Å². The molecule has 0 aliphatic carbocycles. The highest BCUT2D eigenvalue weighted by atomic mass is 19.1. The van der Waals surface area contributed by atoms with Crippen molar-refractivity contribution < 1.29 is 9.50 Å². The van der Waals surface area contributed by atoms with Gasteiger partial charge in [0.25, 0.3) is 0 Å². The molecule has 0 saturated carbocycles. The van der Waals surface area contributed by atoms with Crippen LogP contribution in [0.4, 0.5) is 10.2 Å². The summed E-state index contributed by atoms with van der Waals surface area (Å²) in [7, 11) is 0. The number of aliphatic hydroxyl groups is 1. The SMILES string of the molecule is CCn1cnc2c(N3C[C@H](O)C[C@H]3c3ccc(F)cc3)ncnc21. The zero-order valence-corrected chi connectivity index (χ0v) is 13.3. The average molecular weight is 327 g/mol. The van der Waals surface area contributed by atoms with Gasteiger partial charge in [0.15, 0.2) is 17.0 Å². The predicted octanol–water partition coefficient (Wildman–Crippen LogP) is 2.30. The molecule has 1 fully saturated rings. The van der Waals surface area contributed by atoms with Gasteiger partial charge in [0.05, 0.1) is 18.5 Å². The third-order valence-electron chi connectivity index (χ3n) is 4.53. The second kappa shape index (κ2) is 5.83. The molecule has 2 aromatic heterocycles. The highest BCUT2D eigenvalue weighted by molar-refractivity contribution is 5.83. The summed E-state index contributed by atoms with van der Waals surface area (Å²) in [6.45, 7) is 3.27. The van der Waals surface area contributed by atoms with E-state index in [0.717, 1.165) is 23.3 Å². The van der Waals surface area contributed by atoms with E-state index in [1.165, 1.54) is 18.5 Å². The van der Waals surface area contributed by atoms with Crippen molar-refractivity contribution in [2.45, 2.75) is 32.0 Å². The fourth-order valence-electron chi connectivity index (χ4n) is 3.36. The zero-order chi connectivity index (χ0) is 16.7. The Morgan fingerprint density at radius 3 is 2.75 bits per heavy atom. The maximum absolute atomic E-state index is 13.2. The minimum absolute atomic E-state index is 0.0644. The first-order chi connectivity index (χ1) is 11.7. The van der Waals surface area contributed by atoms with E-state index in [1.54, 1.807) is 18.5 Å². The number of aliphatic hydroxyl groups excluding tert-OH is 1. The second-order valence-corrected chi connectivity index (χ2v) is 6.01. The first-order valence-electron chi connectivity index (χ1n) is 8.03. The van der Waals surface area contributed by atoms with Crippen LogP contribution in [-0.2, 0) is 6.54 Å². The van der Waals surface area contributed by atoms with Crippen molar-refractivity contribution in [1.29, 1.82) is 0 Å². The number of benzene rings is 1. The van der Waals surface area contributed by atoms with E-state index in [9.17, 15) is 9.50 Å². The van der Waals surface area contributed by atoms with Crippen molar-refractivity contribution >= 4 is 17.0 Å². The summed E-state index contributed by atoms with van der Waals surface area (Å²) in [6.07, 6.45) is 3.39. The number of fused-ring (bicyclic) bond motifs is 1. The Morgan fingerprint density at radius 2 is 2.00 bits per heavy atom. The Hall–Kier alpha value is -2.54. The standard InChI is InChI=1S/C17H18FN5O/c1-2-22-10-21-15-16(22)19-9-20-17(15)23-8-13(24)7-14(23)11-3-5-12(18)6-4-11/h3-6,9-10,13-14,24H,2,7-8H2,1H3/t13-,14+/m1/s1. The van der Waals surface area contributed by atoms with Crippen molar-refractivity contribution in [2.24, 2.45) is 0 Å². The van der Waals surface area contributed by atoms with Crippen LogP contribution in [0.3, 0.4) is 0 Å². The van der Waals surface area contributed by atoms with Gasteiger partial charge in [-0.2, -0.15) is 0 Å². The van der Waals surface area contributed by atoms with E-state index in [1.807, 2.05) is 16.4 Å². The van der Waals surface area contributed by atoms with Crippen molar-refractivity contribution in [3.05, 3.63) is 48.3 Å². The van der Waals surface area contributed by atoms with Gasteiger partial charge in [-0.25, -0.2) is 19.3 Å². The Balaban J connectivity index is 1.79. The normalized spacial score (nSPS) is 20.9. The number of hydrogen-bond acceptors (Lipinski definition) is 5. The van der Waals surface area contributed by atoms with Gasteiger partial charge in [-0.1, -0.05) is 12.1 Å². The summed E-state index contributed by atoms with van der Waals surface area (Å²) in [5.41, 5.74) is 2.46. The molecule has 3 heterocycles. The molecule has 0 amide bonds. The number of aryl methyl sites for hydroxylation is 1. The predicted molar refractivity (Wildman–Crippen MR) is 88.1 cm³/mol. The van der Waals surface area contributed by atoms with Gasteiger partial charge in [0.1, 0.15) is 12.1 Å². The van der Waals surface area contributed by atoms with E-state index < -0.39 is 6.10 Å². The largest absolute Gasteiger partial charge is 0.391 e. The fourth-order valence-corrected chi connectivity index (χ4v) is 3.36. The van der Waals surface area contributed by atoms with Crippen LogP contribution in [0.2, 0.25) is 0 Å².